The highest BCUT2D eigenvalue weighted by Gasteiger charge is 2.59. The summed E-state index contributed by atoms with van der Waals surface area (Å²) in [4.78, 5) is 17.8. The van der Waals surface area contributed by atoms with Gasteiger partial charge in [0.15, 0.2) is 10.9 Å². The Morgan fingerprint density at radius 3 is 2.59 bits per heavy atom. The Morgan fingerprint density at radius 2 is 1.83 bits per heavy atom. The van der Waals surface area contributed by atoms with E-state index >= 15 is 4.39 Å². The van der Waals surface area contributed by atoms with Gasteiger partial charge in [0.1, 0.15) is 29.9 Å². The SMILES string of the molecule is Nc1nc2c(-c3c(C4CC4(F)F)cc4c(N5CC6CCC(C5)N6)nc(OCC56CCCN5CC(F)C6)nc4c3F)ccc(F)c2s1. The van der Waals surface area contributed by atoms with Crippen molar-refractivity contribution >= 4 is 43.4 Å². The van der Waals surface area contributed by atoms with E-state index in [-0.39, 0.29) is 62.3 Å². The maximum Gasteiger partial charge on any atom is 0.319 e. The lowest BCUT2D eigenvalue weighted by molar-refractivity contribution is 0.107. The molecule has 2 aromatic heterocycles. The summed E-state index contributed by atoms with van der Waals surface area (Å²) in [5.74, 6) is -5.23. The van der Waals surface area contributed by atoms with Crippen LogP contribution < -0.4 is 20.7 Å². The van der Waals surface area contributed by atoms with Crippen molar-refractivity contribution in [2.75, 3.05) is 43.4 Å². The standard InChI is InChI=1S/C32H32F5N7OS/c33-15-9-31(6-1-7-44(31)11-15)14-45-30-41-25-20(28(42-30)43-12-16-2-3-17(13-43)39-16)8-19(21-10-32(21,36)37)23(24(25)35)18-4-5-22(34)27-26(18)40-29(38)46-27/h4-5,8,15-17,21,39H,1-3,6-7,9-14H2,(H2,38,40). The van der Waals surface area contributed by atoms with E-state index in [2.05, 4.69) is 25.1 Å². The summed E-state index contributed by atoms with van der Waals surface area (Å²) in [6.07, 6.45) is 2.67. The number of nitrogens with two attached hydrogens (primary N) is 1. The molecule has 46 heavy (non-hydrogen) atoms. The Labute approximate surface area is 265 Å². The number of anilines is 2. The number of nitrogen functional groups attached to an aromatic ring is 1. The van der Waals surface area contributed by atoms with Crippen molar-refractivity contribution in [2.45, 2.75) is 74.2 Å². The Kier molecular flexibility index (Phi) is 6.31. The molecule has 5 unspecified atom stereocenters. The molecule has 1 saturated carbocycles. The van der Waals surface area contributed by atoms with Crippen molar-refractivity contribution in [2.24, 2.45) is 0 Å². The van der Waals surface area contributed by atoms with E-state index in [0.29, 0.717) is 37.3 Å². The summed E-state index contributed by atoms with van der Waals surface area (Å²) in [7, 11) is 0. The van der Waals surface area contributed by atoms with Crippen LogP contribution in [0.3, 0.4) is 0 Å². The Bertz CT molecular complexity index is 1890. The minimum Gasteiger partial charge on any atom is -0.461 e. The summed E-state index contributed by atoms with van der Waals surface area (Å²) in [5.41, 5.74) is 5.65. The van der Waals surface area contributed by atoms with Crippen molar-refractivity contribution in [3.63, 3.8) is 0 Å². The molecule has 5 aliphatic rings. The molecule has 2 bridgehead atoms. The van der Waals surface area contributed by atoms with Gasteiger partial charge in [-0.05, 0) is 56.0 Å². The van der Waals surface area contributed by atoms with E-state index in [1.807, 2.05) is 0 Å². The summed E-state index contributed by atoms with van der Waals surface area (Å²) in [6.45, 7) is 2.52. The number of hydrogen-bond donors (Lipinski definition) is 2. The van der Waals surface area contributed by atoms with E-state index < -0.39 is 41.6 Å². The molecule has 3 N–H and O–H groups in total. The normalized spacial score (nSPS) is 30.1. The van der Waals surface area contributed by atoms with Crippen LogP contribution in [0.15, 0.2) is 18.2 Å². The molecular weight excluding hydrogens is 625 g/mol. The minimum absolute atomic E-state index is 0.0478. The van der Waals surface area contributed by atoms with Crippen LogP contribution >= 0.6 is 11.3 Å². The second-order valence-corrected chi connectivity index (χ2v) is 14.7. The molecule has 6 heterocycles. The number of thiazole rings is 1. The quantitative estimate of drug-likeness (QED) is 0.252. The second-order valence-electron chi connectivity index (χ2n) is 13.6. The lowest BCUT2D eigenvalue weighted by Crippen LogP contribution is -2.51. The molecule has 8 nitrogen and oxygen atoms in total. The van der Waals surface area contributed by atoms with E-state index in [1.54, 1.807) is 6.07 Å². The summed E-state index contributed by atoms with van der Waals surface area (Å²) >= 11 is 0.915. The third kappa shape index (κ3) is 4.46. The molecule has 5 atom stereocenters. The number of aromatic nitrogens is 3. The number of piperazine rings is 1. The first-order valence-electron chi connectivity index (χ1n) is 15.9. The van der Waals surface area contributed by atoms with Crippen LogP contribution in [-0.2, 0) is 0 Å². The van der Waals surface area contributed by atoms with Gasteiger partial charge in [-0.3, -0.25) is 4.90 Å². The summed E-state index contributed by atoms with van der Waals surface area (Å²) in [5, 5.41) is 3.98. The molecule has 5 fully saturated rings. The van der Waals surface area contributed by atoms with Crippen LogP contribution in [0.25, 0.3) is 32.2 Å². The van der Waals surface area contributed by atoms with Crippen molar-refractivity contribution in [1.29, 1.82) is 0 Å². The zero-order valence-corrected chi connectivity index (χ0v) is 25.7. The van der Waals surface area contributed by atoms with Gasteiger partial charge in [0.05, 0.1) is 21.7 Å². The van der Waals surface area contributed by atoms with Gasteiger partial charge in [-0.15, -0.1) is 0 Å². The fraction of sp³-hybridized carbons (Fsp3) is 0.531. The first-order chi connectivity index (χ1) is 22.1. The van der Waals surface area contributed by atoms with Gasteiger partial charge in [-0.2, -0.15) is 9.97 Å². The molecule has 4 saturated heterocycles. The molecule has 0 radical (unpaired) electrons. The van der Waals surface area contributed by atoms with Crippen LogP contribution in [0, 0.1) is 11.6 Å². The van der Waals surface area contributed by atoms with E-state index in [4.69, 9.17) is 15.5 Å². The zero-order chi connectivity index (χ0) is 31.5. The third-order valence-electron chi connectivity index (χ3n) is 10.7. The van der Waals surface area contributed by atoms with Crippen LogP contribution in [0.4, 0.5) is 32.9 Å². The fourth-order valence-corrected chi connectivity index (χ4v) is 9.19. The largest absolute Gasteiger partial charge is 0.461 e. The average Bonchev–Trinajstić information content (AvgIpc) is 3.44. The monoisotopic (exact) mass is 657 g/mol. The molecule has 9 rings (SSSR count). The molecular formula is C32H32F5N7OS. The Balaban J connectivity index is 1.23. The summed E-state index contributed by atoms with van der Waals surface area (Å²) in [6, 6.07) is 4.51. The number of ether oxygens (including phenoxy) is 1. The van der Waals surface area contributed by atoms with Crippen molar-refractivity contribution < 1.29 is 26.7 Å². The molecule has 1 aliphatic carbocycles. The predicted molar refractivity (Wildman–Crippen MR) is 165 cm³/mol. The Morgan fingerprint density at radius 1 is 1.04 bits per heavy atom. The Hall–Kier alpha value is -3.36. The van der Waals surface area contributed by atoms with Gasteiger partial charge in [-0.1, -0.05) is 11.3 Å². The number of alkyl halides is 3. The van der Waals surface area contributed by atoms with E-state index in [0.717, 1.165) is 43.6 Å². The third-order valence-corrected chi connectivity index (χ3v) is 11.5. The number of nitrogens with zero attached hydrogens (tertiary/aromatic N) is 5. The minimum atomic E-state index is -3.02. The molecule has 0 amide bonds. The highest BCUT2D eigenvalue weighted by atomic mass is 32.1. The van der Waals surface area contributed by atoms with E-state index in [9.17, 15) is 17.6 Å². The molecule has 242 valence electrons. The predicted octanol–water partition coefficient (Wildman–Crippen LogP) is 5.79. The molecule has 4 aliphatic heterocycles. The number of fused-ring (bicyclic) bond motifs is 5. The van der Waals surface area contributed by atoms with Crippen molar-refractivity contribution in [3.8, 4) is 17.1 Å². The smallest absolute Gasteiger partial charge is 0.319 e. The zero-order valence-electron chi connectivity index (χ0n) is 24.8. The molecule has 14 heteroatoms. The topological polar surface area (TPSA) is 92.4 Å². The van der Waals surface area contributed by atoms with Gasteiger partial charge < -0.3 is 20.7 Å². The maximum absolute atomic E-state index is 17.2. The average molecular weight is 658 g/mol. The first kappa shape index (κ1) is 28.8. The van der Waals surface area contributed by atoms with Gasteiger partial charge in [-0.25, -0.2) is 26.9 Å². The molecule has 4 aromatic rings. The first-order valence-corrected chi connectivity index (χ1v) is 16.7. The van der Waals surface area contributed by atoms with Crippen molar-refractivity contribution in [1.82, 2.24) is 25.2 Å². The number of nitrogens with one attached hydrogen (secondary N) is 1. The summed E-state index contributed by atoms with van der Waals surface area (Å²) < 4.78 is 82.4. The van der Waals surface area contributed by atoms with Crippen LogP contribution in [0.2, 0.25) is 0 Å². The van der Waals surface area contributed by atoms with Gasteiger partial charge in [0.2, 0.25) is 0 Å². The lowest BCUT2D eigenvalue weighted by Gasteiger charge is -2.35. The van der Waals surface area contributed by atoms with Gasteiger partial charge in [0, 0.05) is 61.1 Å². The number of rotatable bonds is 6. The molecule has 0 spiro atoms. The number of benzene rings is 2. The maximum atomic E-state index is 17.2. The number of halogens is 5. The van der Waals surface area contributed by atoms with Crippen LogP contribution in [0.5, 0.6) is 6.01 Å². The van der Waals surface area contributed by atoms with Gasteiger partial charge in [0.25, 0.3) is 5.92 Å². The van der Waals surface area contributed by atoms with Crippen LogP contribution in [0.1, 0.15) is 50.0 Å². The second kappa shape index (κ2) is 10.1. The molecule has 2 aromatic carbocycles. The highest BCUT2D eigenvalue weighted by Crippen LogP contribution is 2.59. The fourth-order valence-electron chi connectivity index (χ4n) is 8.43. The van der Waals surface area contributed by atoms with Gasteiger partial charge >= 0.3 is 6.01 Å². The number of hydrogen-bond acceptors (Lipinski definition) is 9. The van der Waals surface area contributed by atoms with Crippen LogP contribution in [-0.4, -0.2) is 82.4 Å². The van der Waals surface area contributed by atoms with E-state index in [1.165, 1.54) is 12.1 Å². The highest BCUT2D eigenvalue weighted by molar-refractivity contribution is 7.22. The lowest BCUT2D eigenvalue weighted by atomic mass is 9.92. The van der Waals surface area contributed by atoms with Crippen molar-refractivity contribution in [3.05, 3.63) is 35.4 Å².